The van der Waals surface area contributed by atoms with Gasteiger partial charge in [0.15, 0.2) is 0 Å². The highest BCUT2D eigenvalue weighted by atomic mass is 32.2. The standard InChI is InChI=1S/C19H19N3O3S2/c1-13(26-15-10-8-14(9-11-15)22(24)25)19(23)20-12-4-7-18-21-16-5-2-3-6-17(16)27-18/h2-3,5-6,8-11,13H,4,7,12H2,1H3,(H,20,23). The maximum Gasteiger partial charge on any atom is 0.269 e. The van der Waals surface area contributed by atoms with Crippen LogP contribution in [0.4, 0.5) is 5.69 Å². The molecular formula is C19H19N3O3S2. The molecule has 1 N–H and O–H groups in total. The molecule has 0 bridgehead atoms. The molecule has 3 aromatic rings. The summed E-state index contributed by atoms with van der Waals surface area (Å²) in [4.78, 5) is 27.9. The molecule has 8 heteroatoms. The number of amides is 1. The fourth-order valence-electron chi connectivity index (χ4n) is 2.53. The van der Waals surface area contributed by atoms with Crippen LogP contribution in [0.15, 0.2) is 53.4 Å². The number of non-ortho nitro benzene ring substituents is 1. The van der Waals surface area contributed by atoms with E-state index in [0.29, 0.717) is 6.54 Å². The molecule has 1 heterocycles. The minimum absolute atomic E-state index is 0.0392. The third-order valence-electron chi connectivity index (χ3n) is 3.93. The average Bonchev–Trinajstić information content (AvgIpc) is 3.08. The first-order valence-electron chi connectivity index (χ1n) is 8.56. The van der Waals surface area contributed by atoms with Crippen LogP contribution in [0.25, 0.3) is 10.2 Å². The summed E-state index contributed by atoms with van der Waals surface area (Å²) in [6, 6.07) is 14.3. The minimum atomic E-state index is -0.435. The third kappa shape index (κ3) is 5.27. The van der Waals surface area contributed by atoms with Crippen molar-refractivity contribution in [1.82, 2.24) is 10.3 Å². The number of carbonyl (C=O) groups excluding carboxylic acids is 1. The second kappa shape index (κ2) is 8.96. The number of rotatable bonds is 8. The highest BCUT2D eigenvalue weighted by molar-refractivity contribution is 8.00. The summed E-state index contributed by atoms with van der Waals surface area (Å²) in [6.45, 7) is 2.43. The van der Waals surface area contributed by atoms with E-state index in [1.165, 1.54) is 28.6 Å². The fourth-order valence-corrected chi connectivity index (χ4v) is 4.43. The second-order valence-electron chi connectivity index (χ2n) is 5.98. The number of aromatic nitrogens is 1. The Bertz CT molecular complexity index is 908. The molecule has 2 aromatic carbocycles. The number of thioether (sulfide) groups is 1. The Morgan fingerprint density at radius 2 is 2.00 bits per heavy atom. The van der Waals surface area contributed by atoms with Gasteiger partial charge in [0.2, 0.25) is 5.91 Å². The number of hydrogen-bond acceptors (Lipinski definition) is 6. The molecule has 0 aliphatic rings. The van der Waals surface area contributed by atoms with Crippen molar-refractivity contribution in [2.45, 2.75) is 29.9 Å². The van der Waals surface area contributed by atoms with Crippen LogP contribution in [0.1, 0.15) is 18.4 Å². The third-order valence-corrected chi connectivity index (χ3v) is 6.14. The lowest BCUT2D eigenvalue weighted by atomic mass is 10.3. The van der Waals surface area contributed by atoms with Crippen molar-refractivity contribution in [1.29, 1.82) is 0 Å². The van der Waals surface area contributed by atoms with E-state index in [1.54, 1.807) is 23.5 Å². The summed E-state index contributed by atoms with van der Waals surface area (Å²) in [5.74, 6) is -0.0392. The molecule has 1 amide bonds. The summed E-state index contributed by atoms with van der Waals surface area (Å²) in [5.41, 5.74) is 1.07. The van der Waals surface area contributed by atoms with Crippen molar-refractivity contribution < 1.29 is 9.72 Å². The zero-order valence-corrected chi connectivity index (χ0v) is 16.4. The van der Waals surface area contributed by atoms with Crippen molar-refractivity contribution in [3.05, 3.63) is 63.7 Å². The molecular weight excluding hydrogens is 382 g/mol. The van der Waals surface area contributed by atoms with Gasteiger partial charge in [-0.15, -0.1) is 23.1 Å². The predicted molar refractivity (Wildman–Crippen MR) is 109 cm³/mol. The molecule has 0 saturated carbocycles. The highest BCUT2D eigenvalue weighted by Gasteiger charge is 2.15. The Balaban J connectivity index is 1.42. The zero-order valence-electron chi connectivity index (χ0n) is 14.8. The van der Waals surface area contributed by atoms with E-state index in [4.69, 9.17) is 0 Å². The van der Waals surface area contributed by atoms with Crippen LogP contribution in [-0.4, -0.2) is 27.6 Å². The molecule has 0 radical (unpaired) electrons. The zero-order chi connectivity index (χ0) is 19.2. The molecule has 0 saturated heterocycles. The van der Waals surface area contributed by atoms with E-state index in [9.17, 15) is 14.9 Å². The quantitative estimate of drug-likeness (QED) is 0.261. The van der Waals surface area contributed by atoms with Gasteiger partial charge in [0.05, 0.1) is 25.4 Å². The average molecular weight is 402 g/mol. The Labute approximate surface area is 165 Å². The number of nitrogens with zero attached hydrogens (tertiary/aromatic N) is 2. The largest absolute Gasteiger partial charge is 0.355 e. The number of aryl methyl sites for hydroxylation is 1. The van der Waals surface area contributed by atoms with Crippen molar-refractivity contribution >= 4 is 44.9 Å². The van der Waals surface area contributed by atoms with Crippen LogP contribution in [0, 0.1) is 10.1 Å². The first-order valence-corrected chi connectivity index (χ1v) is 10.3. The van der Waals surface area contributed by atoms with Crippen molar-refractivity contribution in [2.75, 3.05) is 6.54 Å². The Morgan fingerprint density at radius 1 is 1.26 bits per heavy atom. The summed E-state index contributed by atoms with van der Waals surface area (Å²) in [7, 11) is 0. The van der Waals surface area contributed by atoms with Crippen LogP contribution >= 0.6 is 23.1 Å². The SMILES string of the molecule is CC(Sc1ccc([N+](=O)[O-])cc1)C(=O)NCCCc1nc2ccccc2s1. The first-order chi connectivity index (χ1) is 13.0. The summed E-state index contributed by atoms with van der Waals surface area (Å²) >= 11 is 3.08. The molecule has 140 valence electrons. The van der Waals surface area contributed by atoms with Crippen molar-refractivity contribution in [2.24, 2.45) is 0 Å². The van der Waals surface area contributed by atoms with Gasteiger partial charge in [-0.3, -0.25) is 14.9 Å². The number of nitro groups is 1. The van der Waals surface area contributed by atoms with E-state index in [1.807, 2.05) is 25.1 Å². The van der Waals surface area contributed by atoms with Gasteiger partial charge >= 0.3 is 0 Å². The maximum atomic E-state index is 12.2. The number of hydrogen-bond donors (Lipinski definition) is 1. The van der Waals surface area contributed by atoms with Crippen molar-refractivity contribution in [3.8, 4) is 0 Å². The van der Waals surface area contributed by atoms with E-state index in [0.717, 1.165) is 28.3 Å². The van der Waals surface area contributed by atoms with E-state index in [-0.39, 0.29) is 16.8 Å². The predicted octanol–water partition coefficient (Wildman–Crippen LogP) is 4.43. The summed E-state index contributed by atoms with van der Waals surface area (Å²) in [6.07, 6.45) is 1.67. The van der Waals surface area contributed by atoms with E-state index < -0.39 is 4.92 Å². The number of carbonyl (C=O) groups is 1. The number of para-hydroxylation sites is 1. The van der Waals surface area contributed by atoms with Crippen LogP contribution in [0.3, 0.4) is 0 Å². The molecule has 6 nitrogen and oxygen atoms in total. The lowest BCUT2D eigenvalue weighted by Gasteiger charge is -2.11. The molecule has 1 unspecified atom stereocenters. The molecule has 1 aromatic heterocycles. The van der Waals surface area contributed by atoms with Gasteiger partial charge in [0, 0.05) is 30.0 Å². The first kappa shape index (κ1) is 19.3. The maximum absolute atomic E-state index is 12.2. The summed E-state index contributed by atoms with van der Waals surface area (Å²) < 4.78 is 1.18. The molecule has 27 heavy (non-hydrogen) atoms. The highest BCUT2D eigenvalue weighted by Crippen LogP contribution is 2.25. The van der Waals surface area contributed by atoms with Gasteiger partial charge in [0.25, 0.3) is 5.69 Å². The Morgan fingerprint density at radius 3 is 2.70 bits per heavy atom. The monoisotopic (exact) mass is 401 g/mol. The van der Waals surface area contributed by atoms with Crippen molar-refractivity contribution in [3.63, 3.8) is 0 Å². The lowest BCUT2D eigenvalue weighted by molar-refractivity contribution is -0.384. The van der Waals surface area contributed by atoms with E-state index in [2.05, 4.69) is 16.4 Å². The smallest absolute Gasteiger partial charge is 0.269 e. The van der Waals surface area contributed by atoms with Gasteiger partial charge in [-0.1, -0.05) is 12.1 Å². The number of benzene rings is 2. The molecule has 0 fully saturated rings. The van der Waals surface area contributed by atoms with Gasteiger partial charge in [-0.05, 0) is 37.6 Å². The summed E-state index contributed by atoms with van der Waals surface area (Å²) in [5, 5.41) is 14.4. The molecule has 0 spiro atoms. The fraction of sp³-hybridized carbons (Fsp3) is 0.263. The number of nitro benzene ring substituents is 1. The Hall–Kier alpha value is -2.45. The molecule has 0 aliphatic heterocycles. The van der Waals surface area contributed by atoms with Crippen LogP contribution in [-0.2, 0) is 11.2 Å². The topological polar surface area (TPSA) is 85.1 Å². The molecule has 0 aliphatic carbocycles. The Kier molecular flexibility index (Phi) is 6.41. The lowest BCUT2D eigenvalue weighted by Crippen LogP contribution is -2.31. The van der Waals surface area contributed by atoms with E-state index >= 15 is 0 Å². The number of thiazole rings is 1. The van der Waals surface area contributed by atoms with Gasteiger partial charge < -0.3 is 5.32 Å². The van der Waals surface area contributed by atoms with Crippen LogP contribution < -0.4 is 5.32 Å². The van der Waals surface area contributed by atoms with Gasteiger partial charge in [-0.2, -0.15) is 0 Å². The second-order valence-corrected chi connectivity index (χ2v) is 8.51. The van der Waals surface area contributed by atoms with Gasteiger partial charge in [-0.25, -0.2) is 4.98 Å². The van der Waals surface area contributed by atoms with Crippen LogP contribution in [0.2, 0.25) is 0 Å². The number of fused-ring (bicyclic) bond motifs is 1. The van der Waals surface area contributed by atoms with Gasteiger partial charge in [0.1, 0.15) is 0 Å². The normalized spacial score (nSPS) is 12.0. The minimum Gasteiger partial charge on any atom is -0.355 e. The number of nitrogens with one attached hydrogen (secondary N) is 1. The molecule has 3 rings (SSSR count). The van der Waals surface area contributed by atoms with Crippen LogP contribution in [0.5, 0.6) is 0 Å². The molecule has 1 atom stereocenters.